The van der Waals surface area contributed by atoms with Crippen LogP contribution < -0.4 is 5.69 Å². The first kappa shape index (κ1) is 14.8. The van der Waals surface area contributed by atoms with E-state index in [1.54, 1.807) is 31.2 Å². The van der Waals surface area contributed by atoms with Gasteiger partial charge < -0.3 is 5.11 Å². The average Bonchev–Trinajstić information content (AvgIpc) is 2.97. The molecule has 2 N–H and O–H groups in total. The number of benzene rings is 2. The minimum Gasteiger partial charge on any atom is -0.505 e. The van der Waals surface area contributed by atoms with Gasteiger partial charge >= 0.3 is 5.69 Å². The van der Waals surface area contributed by atoms with Gasteiger partial charge in [-0.2, -0.15) is 5.10 Å². The highest BCUT2D eigenvalue weighted by molar-refractivity contribution is 5.70. The van der Waals surface area contributed by atoms with Crippen molar-refractivity contribution in [1.29, 1.82) is 0 Å². The van der Waals surface area contributed by atoms with Gasteiger partial charge in [0, 0.05) is 0 Å². The first-order valence-corrected chi connectivity index (χ1v) is 6.94. The van der Waals surface area contributed by atoms with Gasteiger partial charge in [0.25, 0.3) is 0 Å². The topological polar surface area (TPSA) is 70.9 Å². The lowest BCUT2D eigenvalue weighted by atomic mass is 10.1. The first-order chi connectivity index (χ1) is 11.0. The summed E-state index contributed by atoms with van der Waals surface area (Å²) >= 11 is 0. The summed E-state index contributed by atoms with van der Waals surface area (Å²) in [6.07, 6.45) is 5.00. The molecule has 0 radical (unpaired) electrons. The predicted molar refractivity (Wildman–Crippen MR) is 85.9 cm³/mol. The molecule has 6 heteroatoms. The van der Waals surface area contributed by atoms with Gasteiger partial charge in [0.15, 0.2) is 11.6 Å². The molecule has 0 unspecified atom stereocenters. The highest BCUT2D eigenvalue weighted by Crippen LogP contribution is 2.23. The zero-order valence-electron chi connectivity index (χ0n) is 12.3. The minimum absolute atomic E-state index is 0.302. The van der Waals surface area contributed by atoms with Crippen LogP contribution in [0.5, 0.6) is 5.75 Å². The second-order valence-electron chi connectivity index (χ2n) is 5.12. The molecule has 0 aliphatic rings. The lowest BCUT2D eigenvalue weighted by Crippen LogP contribution is -2.13. The number of halogens is 1. The Bertz CT molecular complexity index is 901. The SMILES string of the molecule is Cc1cc(/C=C/c2ccc(-n3cn[nH]c3=O)cc2)cc(F)c1O. The summed E-state index contributed by atoms with van der Waals surface area (Å²) in [5.41, 5.74) is 2.44. The summed E-state index contributed by atoms with van der Waals surface area (Å²) in [4.78, 5) is 11.5. The maximum atomic E-state index is 13.5. The predicted octanol–water partition coefficient (Wildman–Crippen LogP) is 2.88. The first-order valence-electron chi connectivity index (χ1n) is 6.94. The van der Waals surface area contributed by atoms with Crippen LogP contribution in [0.4, 0.5) is 4.39 Å². The second-order valence-corrected chi connectivity index (χ2v) is 5.12. The summed E-state index contributed by atoms with van der Waals surface area (Å²) in [5, 5.41) is 15.4. The zero-order valence-corrected chi connectivity index (χ0v) is 12.3. The van der Waals surface area contributed by atoms with E-state index in [0.717, 1.165) is 5.56 Å². The fourth-order valence-electron chi connectivity index (χ4n) is 2.23. The van der Waals surface area contributed by atoms with Crippen LogP contribution in [0, 0.1) is 12.7 Å². The third kappa shape index (κ3) is 3.06. The van der Waals surface area contributed by atoms with Gasteiger partial charge in [-0.05, 0) is 47.9 Å². The molecule has 0 spiro atoms. The summed E-state index contributed by atoms with van der Waals surface area (Å²) in [6, 6.07) is 10.2. The molecule has 116 valence electrons. The lowest BCUT2D eigenvalue weighted by molar-refractivity contribution is 0.428. The zero-order chi connectivity index (χ0) is 16.4. The van der Waals surface area contributed by atoms with Gasteiger partial charge in [-0.25, -0.2) is 18.9 Å². The number of hydrogen-bond donors (Lipinski definition) is 2. The van der Waals surface area contributed by atoms with Gasteiger partial charge in [0.1, 0.15) is 6.33 Å². The number of hydrogen-bond acceptors (Lipinski definition) is 3. The van der Waals surface area contributed by atoms with Crippen molar-refractivity contribution >= 4 is 12.2 Å². The molecule has 0 fully saturated rings. The van der Waals surface area contributed by atoms with Crippen LogP contribution in [0.3, 0.4) is 0 Å². The fraction of sp³-hybridized carbons (Fsp3) is 0.0588. The van der Waals surface area contributed by atoms with E-state index >= 15 is 0 Å². The summed E-state index contributed by atoms with van der Waals surface area (Å²) in [6.45, 7) is 1.65. The Morgan fingerprint density at radius 1 is 1.17 bits per heavy atom. The van der Waals surface area contributed by atoms with Crippen LogP contribution in [0.25, 0.3) is 17.8 Å². The smallest absolute Gasteiger partial charge is 0.347 e. The summed E-state index contributed by atoms with van der Waals surface area (Å²) < 4.78 is 14.9. The van der Waals surface area contributed by atoms with E-state index in [-0.39, 0.29) is 11.4 Å². The van der Waals surface area contributed by atoms with Crippen molar-refractivity contribution in [2.24, 2.45) is 0 Å². The number of aromatic amines is 1. The van der Waals surface area contributed by atoms with Crippen LogP contribution >= 0.6 is 0 Å². The number of nitrogens with one attached hydrogen (secondary N) is 1. The molecule has 0 bridgehead atoms. The van der Waals surface area contributed by atoms with Crippen LogP contribution in [0.15, 0.2) is 47.5 Å². The molecule has 3 rings (SSSR count). The molecule has 0 saturated heterocycles. The molecule has 0 aliphatic heterocycles. The largest absolute Gasteiger partial charge is 0.505 e. The van der Waals surface area contributed by atoms with Crippen LogP contribution in [0.1, 0.15) is 16.7 Å². The molecule has 23 heavy (non-hydrogen) atoms. The molecular formula is C17H14FN3O2. The maximum absolute atomic E-state index is 13.5. The molecule has 0 amide bonds. The van der Waals surface area contributed by atoms with Gasteiger partial charge in [-0.15, -0.1) is 0 Å². The summed E-state index contributed by atoms with van der Waals surface area (Å²) in [5.74, 6) is -0.962. The molecule has 0 atom stereocenters. The van der Waals surface area contributed by atoms with E-state index in [0.29, 0.717) is 16.8 Å². The highest BCUT2D eigenvalue weighted by Gasteiger charge is 2.04. The number of phenolic OH excluding ortho intramolecular Hbond substituents is 1. The standard InChI is InChI=1S/C17H14FN3O2/c1-11-8-13(9-15(18)16(11)22)3-2-12-4-6-14(7-5-12)21-10-19-20-17(21)23/h2-10,22H,1H3,(H,20,23)/b3-2+. The van der Waals surface area contributed by atoms with E-state index in [1.807, 2.05) is 18.2 Å². The molecule has 3 aromatic rings. The summed E-state index contributed by atoms with van der Waals surface area (Å²) in [7, 11) is 0. The van der Waals surface area contributed by atoms with Crippen molar-refractivity contribution in [2.75, 3.05) is 0 Å². The molecule has 0 saturated carbocycles. The Labute approximate surface area is 131 Å². The Kier molecular flexibility index (Phi) is 3.80. The Morgan fingerprint density at radius 3 is 2.48 bits per heavy atom. The van der Waals surface area contributed by atoms with Gasteiger partial charge in [0.05, 0.1) is 5.69 Å². The third-order valence-electron chi connectivity index (χ3n) is 3.47. The number of aryl methyl sites for hydroxylation is 1. The monoisotopic (exact) mass is 311 g/mol. The Morgan fingerprint density at radius 2 is 1.87 bits per heavy atom. The average molecular weight is 311 g/mol. The van der Waals surface area contributed by atoms with E-state index < -0.39 is 5.82 Å². The normalized spacial score (nSPS) is 11.2. The number of aromatic hydroxyl groups is 1. The molecular weight excluding hydrogens is 297 g/mol. The van der Waals surface area contributed by atoms with Crippen molar-refractivity contribution in [2.45, 2.75) is 6.92 Å². The van der Waals surface area contributed by atoms with Crippen molar-refractivity contribution in [3.8, 4) is 11.4 Å². The quantitative estimate of drug-likeness (QED) is 0.731. The third-order valence-corrected chi connectivity index (χ3v) is 3.47. The molecule has 5 nitrogen and oxygen atoms in total. The maximum Gasteiger partial charge on any atom is 0.347 e. The molecule has 1 heterocycles. The van der Waals surface area contributed by atoms with Crippen molar-refractivity contribution < 1.29 is 9.50 Å². The number of rotatable bonds is 3. The number of nitrogens with zero attached hydrogens (tertiary/aromatic N) is 2. The molecule has 2 aromatic carbocycles. The highest BCUT2D eigenvalue weighted by atomic mass is 19.1. The Balaban J connectivity index is 1.84. The van der Waals surface area contributed by atoms with E-state index in [1.165, 1.54) is 17.0 Å². The lowest BCUT2D eigenvalue weighted by Gasteiger charge is -2.03. The van der Waals surface area contributed by atoms with Gasteiger partial charge in [0.2, 0.25) is 0 Å². The van der Waals surface area contributed by atoms with Crippen LogP contribution in [-0.4, -0.2) is 19.9 Å². The Hall–Kier alpha value is -3.15. The van der Waals surface area contributed by atoms with Crippen LogP contribution in [0.2, 0.25) is 0 Å². The van der Waals surface area contributed by atoms with E-state index in [2.05, 4.69) is 10.2 Å². The van der Waals surface area contributed by atoms with Crippen molar-refractivity contribution in [3.63, 3.8) is 0 Å². The van der Waals surface area contributed by atoms with Crippen molar-refractivity contribution in [1.82, 2.24) is 14.8 Å². The molecule has 0 aliphatic carbocycles. The van der Waals surface area contributed by atoms with Crippen LogP contribution in [-0.2, 0) is 0 Å². The number of phenols is 1. The number of aromatic nitrogens is 3. The van der Waals surface area contributed by atoms with Gasteiger partial charge in [-0.1, -0.05) is 24.3 Å². The molecule has 1 aromatic heterocycles. The second kappa shape index (κ2) is 5.92. The fourth-order valence-corrected chi connectivity index (χ4v) is 2.23. The van der Waals surface area contributed by atoms with Crippen molar-refractivity contribution in [3.05, 3.63) is 75.7 Å². The number of H-pyrrole nitrogens is 1. The van der Waals surface area contributed by atoms with Gasteiger partial charge in [-0.3, -0.25) is 0 Å². The van der Waals surface area contributed by atoms with E-state index in [9.17, 15) is 14.3 Å². The van der Waals surface area contributed by atoms with E-state index in [4.69, 9.17) is 0 Å². The minimum atomic E-state index is -0.640.